The fraction of sp³-hybridized carbons (Fsp3) is 0.238. The maximum atomic E-state index is 13.5. The van der Waals surface area contributed by atoms with Gasteiger partial charge in [0, 0.05) is 25.9 Å². The molecule has 3 rings (SSSR count). The molecule has 30 heavy (non-hydrogen) atoms. The minimum absolute atomic E-state index is 0.00766. The van der Waals surface area contributed by atoms with E-state index < -0.39 is 23.5 Å². The molecule has 2 aromatic heterocycles. The van der Waals surface area contributed by atoms with Crippen LogP contribution in [0.25, 0.3) is 11.4 Å². The Hall–Kier alpha value is -3.36. The third-order valence-electron chi connectivity index (χ3n) is 4.37. The molecule has 9 heteroatoms. The molecule has 1 aromatic carbocycles. The van der Waals surface area contributed by atoms with Crippen LogP contribution in [0.15, 0.2) is 48.8 Å². The summed E-state index contributed by atoms with van der Waals surface area (Å²) in [4.78, 5) is 16.0. The largest absolute Gasteiger partial charge is 0.491 e. The fourth-order valence-electron chi connectivity index (χ4n) is 2.97. The minimum atomic E-state index is -4.63. The molecule has 0 aliphatic heterocycles. The van der Waals surface area contributed by atoms with Crippen molar-refractivity contribution in [1.29, 1.82) is 0 Å². The van der Waals surface area contributed by atoms with E-state index in [1.807, 2.05) is 0 Å². The fourth-order valence-corrected chi connectivity index (χ4v) is 2.97. The number of aromatic nitrogens is 2. The average Bonchev–Trinajstić information content (AvgIpc) is 3.08. The first-order chi connectivity index (χ1) is 14.2. The summed E-state index contributed by atoms with van der Waals surface area (Å²) in [6.45, 7) is 0.00766. The molecule has 0 fully saturated rings. The maximum absolute atomic E-state index is 13.5. The van der Waals surface area contributed by atoms with E-state index in [-0.39, 0.29) is 18.6 Å². The summed E-state index contributed by atoms with van der Waals surface area (Å²) in [5.74, 6) is -1.08. The summed E-state index contributed by atoms with van der Waals surface area (Å²) in [6.07, 6.45) is -1.42. The monoisotopic (exact) mass is 422 g/mol. The molecule has 0 aliphatic rings. The number of carbonyl (C=O) groups is 1. The van der Waals surface area contributed by atoms with Gasteiger partial charge in [-0.05, 0) is 42.0 Å². The standard InChI is InChI=1S/C21H18F4N2O3/c1-27-12-14(20(28)29-2)10-17(27)19-18(4-3-6-26-19)30-7-5-13-8-15(21(23,24)25)11-16(22)9-13/h3-4,6,8-12H,5,7H2,1-2H3. The van der Waals surface area contributed by atoms with E-state index in [1.54, 1.807) is 42.2 Å². The Labute approximate surface area is 169 Å². The molecule has 0 amide bonds. The Morgan fingerprint density at radius 2 is 1.97 bits per heavy atom. The number of nitrogens with zero attached hydrogens (tertiary/aromatic N) is 2. The zero-order valence-corrected chi connectivity index (χ0v) is 16.2. The number of rotatable bonds is 6. The molecule has 0 saturated heterocycles. The zero-order chi connectivity index (χ0) is 21.9. The summed E-state index contributed by atoms with van der Waals surface area (Å²) < 4.78 is 64.2. The second-order valence-electron chi connectivity index (χ2n) is 6.51. The van der Waals surface area contributed by atoms with Gasteiger partial charge in [-0.3, -0.25) is 4.98 Å². The van der Waals surface area contributed by atoms with Gasteiger partial charge < -0.3 is 14.0 Å². The molecule has 0 saturated carbocycles. The maximum Gasteiger partial charge on any atom is 0.416 e. The number of aryl methyl sites for hydroxylation is 1. The summed E-state index contributed by atoms with van der Waals surface area (Å²) in [5.41, 5.74) is 0.505. The van der Waals surface area contributed by atoms with Gasteiger partial charge in [-0.15, -0.1) is 0 Å². The lowest BCUT2D eigenvalue weighted by molar-refractivity contribution is -0.137. The lowest BCUT2D eigenvalue weighted by Gasteiger charge is -2.12. The third-order valence-corrected chi connectivity index (χ3v) is 4.37. The topological polar surface area (TPSA) is 53.4 Å². The van der Waals surface area contributed by atoms with E-state index >= 15 is 0 Å². The van der Waals surface area contributed by atoms with Gasteiger partial charge in [-0.1, -0.05) is 0 Å². The predicted molar refractivity (Wildman–Crippen MR) is 101 cm³/mol. The first kappa shape index (κ1) is 21.4. The Balaban J connectivity index is 1.78. The first-order valence-electron chi connectivity index (χ1n) is 8.88. The quantitative estimate of drug-likeness (QED) is 0.429. The van der Waals surface area contributed by atoms with Gasteiger partial charge in [0.1, 0.15) is 17.3 Å². The Kier molecular flexibility index (Phi) is 6.09. The number of hydrogen-bond acceptors (Lipinski definition) is 4. The van der Waals surface area contributed by atoms with Crippen LogP contribution < -0.4 is 4.74 Å². The van der Waals surface area contributed by atoms with Crippen molar-refractivity contribution in [2.24, 2.45) is 7.05 Å². The highest BCUT2D eigenvalue weighted by Crippen LogP contribution is 2.31. The molecule has 3 aromatic rings. The van der Waals surface area contributed by atoms with Gasteiger partial charge in [0.05, 0.1) is 30.5 Å². The second-order valence-corrected chi connectivity index (χ2v) is 6.51. The van der Waals surface area contributed by atoms with Crippen molar-refractivity contribution in [3.8, 4) is 17.1 Å². The molecular weight excluding hydrogens is 404 g/mol. The summed E-state index contributed by atoms with van der Waals surface area (Å²) in [7, 11) is 3.01. The molecule has 158 valence electrons. The van der Waals surface area contributed by atoms with Crippen LogP contribution in [-0.4, -0.2) is 29.2 Å². The molecule has 5 nitrogen and oxygen atoms in total. The molecule has 0 unspecified atom stereocenters. The predicted octanol–water partition coefficient (Wildman–Crippen LogP) is 4.65. The van der Waals surface area contributed by atoms with Gasteiger partial charge in [-0.2, -0.15) is 13.2 Å². The van der Waals surface area contributed by atoms with Crippen LogP contribution in [0.2, 0.25) is 0 Å². The number of ether oxygens (including phenoxy) is 2. The average molecular weight is 422 g/mol. The van der Waals surface area contributed by atoms with Crippen LogP contribution >= 0.6 is 0 Å². The number of halogens is 4. The van der Waals surface area contributed by atoms with E-state index in [0.29, 0.717) is 28.8 Å². The lowest BCUT2D eigenvalue weighted by atomic mass is 10.1. The number of carbonyl (C=O) groups excluding carboxylic acids is 1. The van der Waals surface area contributed by atoms with Crippen molar-refractivity contribution in [1.82, 2.24) is 9.55 Å². The van der Waals surface area contributed by atoms with Gasteiger partial charge >= 0.3 is 12.1 Å². The SMILES string of the molecule is COC(=O)c1cc(-c2ncccc2OCCc2cc(F)cc(C(F)(F)F)c2)n(C)c1. The van der Waals surface area contributed by atoms with E-state index in [9.17, 15) is 22.4 Å². The summed E-state index contributed by atoms with van der Waals surface area (Å²) >= 11 is 0. The number of alkyl halides is 3. The van der Waals surface area contributed by atoms with Crippen molar-refractivity contribution in [2.75, 3.05) is 13.7 Å². The molecule has 0 bridgehead atoms. The van der Waals surface area contributed by atoms with Gasteiger partial charge in [0.25, 0.3) is 0 Å². The molecule has 0 aliphatic carbocycles. The molecule has 2 heterocycles. The van der Waals surface area contributed by atoms with Crippen LogP contribution in [0.3, 0.4) is 0 Å². The van der Waals surface area contributed by atoms with Gasteiger partial charge in [0.15, 0.2) is 0 Å². The molecular formula is C21H18F4N2O3. The number of pyridine rings is 1. The number of methoxy groups -OCH3 is 1. The molecule has 0 spiro atoms. The lowest BCUT2D eigenvalue weighted by Crippen LogP contribution is -2.08. The number of esters is 1. The third kappa shape index (κ3) is 4.79. The van der Waals surface area contributed by atoms with Crippen LogP contribution in [0.1, 0.15) is 21.5 Å². The van der Waals surface area contributed by atoms with Crippen molar-refractivity contribution in [3.63, 3.8) is 0 Å². The van der Waals surface area contributed by atoms with Crippen molar-refractivity contribution in [3.05, 3.63) is 71.3 Å². The molecule has 0 N–H and O–H groups in total. The Morgan fingerprint density at radius 3 is 2.67 bits per heavy atom. The first-order valence-corrected chi connectivity index (χ1v) is 8.88. The van der Waals surface area contributed by atoms with Crippen molar-refractivity contribution >= 4 is 5.97 Å². The van der Waals surface area contributed by atoms with Crippen LogP contribution in [0.5, 0.6) is 5.75 Å². The number of hydrogen-bond donors (Lipinski definition) is 0. The smallest absolute Gasteiger partial charge is 0.416 e. The highest BCUT2D eigenvalue weighted by Gasteiger charge is 2.31. The van der Waals surface area contributed by atoms with Crippen LogP contribution in [0.4, 0.5) is 17.6 Å². The molecule has 0 radical (unpaired) electrons. The Morgan fingerprint density at radius 1 is 1.20 bits per heavy atom. The van der Waals surface area contributed by atoms with Crippen molar-refractivity contribution in [2.45, 2.75) is 12.6 Å². The van der Waals surface area contributed by atoms with E-state index in [4.69, 9.17) is 9.47 Å². The number of benzene rings is 1. The Bertz CT molecular complexity index is 1060. The van der Waals surface area contributed by atoms with E-state index in [0.717, 1.165) is 12.1 Å². The molecule has 0 atom stereocenters. The van der Waals surface area contributed by atoms with E-state index in [1.165, 1.54) is 7.11 Å². The zero-order valence-electron chi connectivity index (χ0n) is 16.2. The van der Waals surface area contributed by atoms with Gasteiger partial charge in [-0.25, -0.2) is 9.18 Å². The minimum Gasteiger partial charge on any atom is -0.491 e. The van der Waals surface area contributed by atoms with E-state index in [2.05, 4.69) is 4.98 Å². The highest BCUT2D eigenvalue weighted by molar-refractivity contribution is 5.91. The van der Waals surface area contributed by atoms with Crippen LogP contribution in [0, 0.1) is 5.82 Å². The highest BCUT2D eigenvalue weighted by atomic mass is 19.4. The summed E-state index contributed by atoms with van der Waals surface area (Å²) in [6, 6.07) is 7.30. The summed E-state index contributed by atoms with van der Waals surface area (Å²) in [5, 5.41) is 0. The second kappa shape index (κ2) is 8.56. The van der Waals surface area contributed by atoms with Gasteiger partial charge in [0.2, 0.25) is 0 Å². The van der Waals surface area contributed by atoms with Crippen molar-refractivity contribution < 1.29 is 31.8 Å². The normalized spacial score (nSPS) is 11.4. The van der Waals surface area contributed by atoms with Crippen LogP contribution in [-0.2, 0) is 24.4 Å².